The molecule has 0 atom stereocenters. The number of aromatic nitrogens is 1. The summed E-state index contributed by atoms with van der Waals surface area (Å²) in [6, 6.07) is 0. The molecule has 1 aromatic rings. The van der Waals surface area contributed by atoms with Crippen LogP contribution in [-0.2, 0) is 6.18 Å². The van der Waals surface area contributed by atoms with Gasteiger partial charge in [-0.3, -0.25) is 0 Å². The van der Waals surface area contributed by atoms with Crippen molar-refractivity contribution >= 4 is 11.3 Å². The van der Waals surface area contributed by atoms with Crippen molar-refractivity contribution < 1.29 is 13.2 Å². The van der Waals surface area contributed by atoms with Crippen molar-refractivity contribution in [2.75, 3.05) is 0 Å². The second-order valence-corrected chi connectivity index (χ2v) is 4.44. The monoisotopic (exact) mass is 221 g/mol. The van der Waals surface area contributed by atoms with E-state index in [1.54, 1.807) is 0 Å². The minimum Gasteiger partial charge on any atom is -0.236 e. The summed E-state index contributed by atoms with van der Waals surface area (Å²) in [5, 5.41) is 1.78. The van der Waals surface area contributed by atoms with Crippen molar-refractivity contribution in [3.8, 4) is 0 Å². The van der Waals surface area contributed by atoms with Gasteiger partial charge < -0.3 is 0 Å². The Hall–Kier alpha value is -0.580. The molecule has 0 N–H and O–H groups in total. The molecule has 1 aliphatic carbocycles. The van der Waals surface area contributed by atoms with E-state index < -0.39 is 11.9 Å². The molecule has 0 unspecified atom stereocenters. The Morgan fingerprint density at radius 1 is 1.29 bits per heavy atom. The van der Waals surface area contributed by atoms with E-state index in [2.05, 4.69) is 4.98 Å². The first-order valence-electron chi connectivity index (χ1n) is 4.60. The average molecular weight is 221 g/mol. The summed E-state index contributed by atoms with van der Waals surface area (Å²) in [6.45, 7) is 0. The van der Waals surface area contributed by atoms with Crippen molar-refractivity contribution in [3.05, 3.63) is 16.1 Å². The Balaban J connectivity index is 2.17. The fourth-order valence-electron chi connectivity index (χ4n) is 1.78. The summed E-state index contributed by atoms with van der Waals surface area (Å²) in [5.74, 6) is 0.274. The van der Waals surface area contributed by atoms with Crippen LogP contribution in [0.4, 0.5) is 13.2 Å². The van der Waals surface area contributed by atoms with Crippen LogP contribution < -0.4 is 0 Å². The van der Waals surface area contributed by atoms with E-state index in [1.165, 1.54) is 0 Å². The number of halogens is 3. The second kappa shape index (κ2) is 3.53. The summed E-state index contributed by atoms with van der Waals surface area (Å²) in [4.78, 5) is 3.66. The zero-order chi connectivity index (χ0) is 10.2. The zero-order valence-corrected chi connectivity index (χ0v) is 8.29. The van der Waals surface area contributed by atoms with Crippen LogP contribution in [0.25, 0.3) is 0 Å². The van der Waals surface area contributed by atoms with Crippen LogP contribution in [0.15, 0.2) is 5.38 Å². The molecule has 1 aliphatic rings. The van der Waals surface area contributed by atoms with Crippen LogP contribution in [0.1, 0.15) is 42.3 Å². The lowest BCUT2D eigenvalue weighted by molar-refractivity contribution is -0.140. The van der Waals surface area contributed by atoms with Gasteiger partial charge >= 0.3 is 6.18 Å². The molecular formula is C9H10F3NS. The standard InChI is InChI=1S/C9H10F3NS/c10-9(11,12)7-5-14-8(13-7)6-3-1-2-4-6/h5-6H,1-4H2. The molecule has 0 spiro atoms. The van der Waals surface area contributed by atoms with Crippen molar-refractivity contribution in [3.63, 3.8) is 0 Å². The maximum absolute atomic E-state index is 12.2. The summed E-state index contributed by atoms with van der Waals surface area (Å²) < 4.78 is 36.7. The van der Waals surface area contributed by atoms with Crippen molar-refractivity contribution in [1.82, 2.24) is 4.98 Å². The average Bonchev–Trinajstić information content (AvgIpc) is 2.73. The van der Waals surface area contributed by atoms with Gasteiger partial charge in [0.1, 0.15) is 0 Å². The van der Waals surface area contributed by atoms with Gasteiger partial charge in [-0.2, -0.15) is 13.2 Å². The zero-order valence-electron chi connectivity index (χ0n) is 7.47. The van der Waals surface area contributed by atoms with Crippen molar-refractivity contribution in [1.29, 1.82) is 0 Å². The molecule has 1 aromatic heterocycles. The quantitative estimate of drug-likeness (QED) is 0.702. The van der Waals surface area contributed by atoms with Gasteiger partial charge in [0.25, 0.3) is 0 Å². The molecule has 0 amide bonds. The maximum atomic E-state index is 12.2. The molecule has 1 fully saturated rings. The fourth-order valence-corrected chi connectivity index (χ4v) is 2.78. The Kier molecular flexibility index (Phi) is 2.51. The molecular weight excluding hydrogens is 211 g/mol. The lowest BCUT2D eigenvalue weighted by Gasteiger charge is -2.03. The van der Waals surface area contributed by atoms with Gasteiger partial charge in [0.15, 0.2) is 5.69 Å². The van der Waals surface area contributed by atoms with Crippen LogP contribution in [0.2, 0.25) is 0 Å². The first kappa shape index (κ1) is 9.96. The highest BCUT2D eigenvalue weighted by molar-refractivity contribution is 7.09. The highest BCUT2D eigenvalue weighted by Gasteiger charge is 2.34. The molecule has 1 heterocycles. The van der Waals surface area contributed by atoms with E-state index in [4.69, 9.17) is 0 Å². The maximum Gasteiger partial charge on any atom is 0.434 e. The van der Waals surface area contributed by atoms with E-state index >= 15 is 0 Å². The van der Waals surface area contributed by atoms with Crippen molar-refractivity contribution in [2.24, 2.45) is 0 Å². The molecule has 0 aliphatic heterocycles. The van der Waals surface area contributed by atoms with Crippen molar-refractivity contribution in [2.45, 2.75) is 37.8 Å². The normalized spacial score (nSPS) is 19.1. The third-order valence-electron chi connectivity index (χ3n) is 2.52. The van der Waals surface area contributed by atoms with E-state index in [0.29, 0.717) is 5.01 Å². The van der Waals surface area contributed by atoms with Gasteiger partial charge in [-0.1, -0.05) is 12.8 Å². The molecule has 2 rings (SSSR count). The Morgan fingerprint density at radius 3 is 2.43 bits per heavy atom. The molecule has 0 bridgehead atoms. The van der Waals surface area contributed by atoms with E-state index in [9.17, 15) is 13.2 Å². The largest absolute Gasteiger partial charge is 0.434 e. The first-order chi connectivity index (χ1) is 6.57. The van der Waals surface area contributed by atoms with Gasteiger partial charge in [0.2, 0.25) is 0 Å². The van der Waals surface area contributed by atoms with Crippen LogP contribution in [-0.4, -0.2) is 4.98 Å². The fraction of sp³-hybridized carbons (Fsp3) is 0.667. The van der Waals surface area contributed by atoms with E-state index in [-0.39, 0.29) is 5.92 Å². The molecule has 14 heavy (non-hydrogen) atoms. The molecule has 1 saturated carbocycles. The van der Waals surface area contributed by atoms with Crippen LogP contribution in [0, 0.1) is 0 Å². The number of rotatable bonds is 1. The van der Waals surface area contributed by atoms with E-state index in [0.717, 1.165) is 42.4 Å². The van der Waals surface area contributed by atoms with Gasteiger partial charge in [-0.25, -0.2) is 4.98 Å². The van der Waals surface area contributed by atoms with Crippen LogP contribution in [0.3, 0.4) is 0 Å². The molecule has 5 heteroatoms. The number of hydrogen-bond acceptors (Lipinski definition) is 2. The number of thiazole rings is 1. The van der Waals surface area contributed by atoms with Crippen LogP contribution in [0.5, 0.6) is 0 Å². The van der Waals surface area contributed by atoms with Gasteiger partial charge in [0.05, 0.1) is 5.01 Å². The first-order valence-corrected chi connectivity index (χ1v) is 5.48. The number of hydrogen-bond donors (Lipinski definition) is 0. The summed E-state index contributed by atoms with van der Waals surface area (Å²) in [7, 11) is 0. The lowest BCUT2D eigenvalue weighted by atomic mass is 10.1. The number of alkyl halides is 3. The van der Waals surface area contributed by atoms with E-state index in [1.807, 2.05) is 0 Å². The topological polar surface area (TPSA) is 12.9 Å². The third kappa shape index (κ3) is 1.92. The van der Waals surface area contributed by atoms with Gasteiger partial charge in [-0.15, -0.1) is 11.3 Å². The summed E-state index contributed by atoms with van der Waals surface area (Å²) >= 11 is 1.14. The predicted molar refractivity (Wildman–Crippen MR) is 48.3 cm³/mol. The highest BCUT2D eigenvalue weighted by atomic mass is 32.1. The smallest absolute Gasteiger partial charge is 0.236 e. The minimum absolute atomic E-state index is 0.274. The molecule has 0 aromatic carbocycles. The van der Waals surface area contributed by atoms with Crippen LogP contribution >= 0.6 is 11.3 Å². The highest BCUT2D eigenvalue weighted by Crippen LogP contribution is 2.38. The second-order valence-electron chi connectivity index (χ2n) is 3.55. The number of nitrogens with zero attached hydrogens (tertiary/aromatic N) is 1. The summed E-state index contributed by atoms with van der Waals surface area (Å²) in [5.41, 5.74) is -0.732. The van der Waals surface area contributed by atoms with Gasteiger partial charge in [0, 0.05) is 11.3 Å². The Labute approximate surface area is 84.0 Å². The third-order valence-corrected chi connectivity index (χ3v) is 3.52. The summed E-state index contributed by atoms with van der Waals surface area (Å²) in [6.07, 6.45) is -0.0693. The SMILES string of the molecule is FC(F)(F)c1csc(C2CCCC2)n1. The molecule has 0 radical (unpaired) electrons. The lowest BCUT2D eigenvalue weighted by Crippen LogP contribution is -2.05. The van der Waals surface area contributed by atoms with Gasteiger partial charge in [-0.05, 0) is 12.8 Å². The molecule has 78 valence electrons. The predicted octanol–water partition coefficient (Wildman–Crippen LogP) is 3.82. The minimum atomic E-state index is -4.28. The Bertz CT molecular complexity index is 312. The molecule has 1 nitrogen and oxygen atoms in total. The Morgan fingerprint density at radius 2 is 1.93 bits per heavy atom. The molecule has 0 saturated heterocycles.